The Morgan fingerprint density at radius 2 is 1.19 bits per heavy atom. The summed E-state index contributed by atoms with van der Waals surface area (Å²) in [4.78, 5) is 54.2. The van der Waals surface area contributed by atoms with Gasteiger partial charge in [-0.2, -0.15) is 0 Å². The first-order valence-electron chi connectivity index (χ1n) is 24.1. The SMILES string of the molecule is C=CC(=O)N(C)OC.CON(C)C(=O)/C=C/c1cccc(S(C)(=O)=O)c1.CS(=O)(=O)c1cccc(/C=C/C=O)c1.CS(=O)(=O)c1cccc(Br)c1.C[C@H]1NCC[C@@H](c2cccc(S(C)(=O)=O)c2)[C@@H]1COc1ccc2c(c1)C(=O)NC2. The summed E-state index contributed by atoms with van der Waals surface area (Å²) in [5, 5.41) is 8.47. The van der Waals surface area contributed by atoms with Gasteiger partial charge in [0, 0.05) is 73.7 Å². The Kier molecular flexibility index (Phi) is 26.5. The predicted molar refractivity (Wildman–Crippen MR) is 311 cm³/mol. The molecule has 432 valence electrons. The standard InChI is InChI=1S/C22H26N2O4S.C12H15NO4S.C10H10O3S.C7H7BrO2S.C5H9NO2/c1-14-21(13-28-17-7-6-16-12-24-22(25)20(16)11-17)19(8-9-23-14)15-4-3-5-18(10-15)29(2,26)27;1-13(17-2)12(14)8-7-10-5-4-6-11(9-10)18(3,15)16;1-14(12,13)10-6-2-4-9(8-10)5-3-7-11;1-11(9,10)7-4-2-3-6(8)5-7;1-4-5(7)6(2)8-3/h3-7,10-11,14,19,21,23H,8-9,12-13H2,1-2H3,(H,24,25);4-9H,1-3H3;2-8H,1H3;2-5H,1H3;4H,1H2,2-3H3/b;8-7+;5-3+;;/t14-,19+,21-;;;;/m1..../s1. The van der Waals surface area contributed by atoms with Crippen LogP contribution in [0, 0.1) is 5.92 Å². The van der Waals surface area contributed by atoms with Crippen LogP contribution in [0.2, 0.25) is 0 Å². The van der Waals surface area contributed by atoms with Gasteiger partial charge in [-0.3, -0.25) is 28.9 Å². The van der Waals surface area contributed by atoms with Crippen molar-refractivity contribution in [3.05, 3.63) is 172 Å². The van der Waals surface area contributed by atoms with Crippen LogP contribution in [-0.4, -0.2) is 140 Å². The number of amides is 3. The quantitative estimate of drug-likeness (QED) is 0.0609. The lowest BCUT2D eigenvalue weighted by Gasteiger charge is -2.37. The fraction of sp³-hybridized carbons (Fsp3) is 0.286. The van der Waals surface area contributed by atoms with E-state index in [-0.39, 0.29) is 45.4 Å². The number of fused-ring (bicyclic) bond motifs is 1. The molecule has 0 aromatic heterocycles. The number of allylic oxidation sites excluding steroid dienone is 1. The molecule has 0 aliphatic carbocycles. The van der Waals surface area contributed by atoms with Gasteiger partial charge < -0.3 is 15.4 Å². The number of hydrogen-bond donors (Lipinski definition) is 2. The minimum atomic E-state index is -3.25. The summed E-state index contributed by atoms with van der Waals surface area (Å²) in [5.41, 5.74) is 4.03. The molecule has 0 radical (unpaired) electrons. The summed E-state index contributed by atoms with van der Waals surface area (Å²) < 4.78 is 97.8. The fourth-order valence-corrected chi connectivity index (χ4v) is 10.7. The summed E-state index contributed by atoms with van der Waals surface area (Å²) in [6.07, 6.45) is 13.2. The average Bonchev–Trinajstić information content (AvgIpc) is 3.80. The van der Waals surface area contributed by atoms with Crippen molar-refractivity contribution in [1.29, 1.82) is 0 Å². The van der Waals surface area contributed by atoms with Gasteiger partial charge in [-0.25, -0.2) is 43.8 Å². The second-order valence-electron chi connectivity index (χ2n) is 17.9. The van der Waals surface area contributed by atoms with Crippen LogP contribution in [0.15, 0.2) is 164 Å². The molecule has 0 unspecified atom stereocenters. The molecular formula is C56H67BrN4O15S4. The number of hydrogen-bond acceptors (Lipinski definition) is 16. The molecule has 5 aromatic rings. The molecule has 7 rings (SSSR count). The monoisotopic (exact) mass is 1240 g/mol. The molecule has 0 saturated carbocycles. The number of rotatable bonds is 15. The van der Waals surface area contributed by atoms with E-state index < -0.39 is 39.3 Å². The molecule has 24 heteroatoms. The number of nitrogens with zero attached hydrogens (tertiary/aromatic N) is 2. The van der Waals surface area contributed by atoms with Gasteiger partial charge in [0.25, 0.3) is 17.7 Å². The third-order valence-corrected chi connectivity index (χ3v) is 16.9. The maximum Gasteiger partial charge on any atom is 0.269 e. The number of ether oxygens (including phenoxy) is 1. The minimum absolute atomic E-state index is 0.0615. The molecule has 0 bridgehead atoms. The number of aldehydes is 1. The first-order chi connectivity index (χ1) is 37.4. The van der Waals surface area contributed by atoms with Gasteiger partial charge in [0.15, 0.2) is 39.3 Å². The lowest BCUT2D eigenvalue weighted by molar-refractivity contribution is -0.163. The number of halogens is 1. The number of benzene rings is 5. The highest BCUT2D eigenvalue weighted by Crippen LogP contribution is 2.35. The van der Waals surface area contributed by atoms with Crippen LogP contribution >= 0.6 is 15.9 Å². The van der Waals surface area contributed by atoms with E-state index in [0.29, 0.717) is 51.7 Å². The third kappa shape index (κ3) is 22.5. The Balaban J connectivity index is 0.000000284. The molecule has 2 N–H and O–H groups in total. The average molecular weight is 1240 g/mol. The maximum absolute atomic E-state index is 12.0. The van der Waals surface area contributed by atoms with E-state index >= 15 is 0 Å². The van der Waals surface area contributed by atoms with E-state index in [9.17, 15) is 52.8 Å². The Morgan fingerprint density at radius 1 is 0.688 bits per heavy atom. The van der Waals surface area contributed by atoms with Crippen molar-refractivity contribution in [2.75, 3.05) is 66.5 Å². The van der Waals surface area contributed by atoms with Crippen molar-refractivity contribution < 1.29 is 67.3 Å². The molecule has 2 aliphatic rings. The number of hydroxylamine groups is 4. The molecule has 80 heavy (non-hydrogen) atoms. The number of carbonyl (C=O) groups excluding carboxylic acids is 4. The molecule has 3 atom stereocenters. The lowest BCUT2D eigenvalue weighted by Crippen LogP contribution is -2.45. The van der Waals surface area contributed by atoms with Crippen LogP contribution < -0.4 is 15.4 Å². The van der Waals surface area contributed by atoms with E-state index in [1.807, 2.05) is 24.3 Å². The second-order valence-corrected chi connectivity index (χ2v) is 26.9. The Bertz CT molecular complexity index is 3500. The number of carbonyl (C=O) groups is 4. The summed E-state index contributed by atoms with van der Waals surface area (Å²) in [6.45, 7) is 7.33. The third-order valence-electron chi connectivity index (χ3n) is 11.9. The number of sulfone groups is 4. The van der Waals surface area contributed by atoms with E-state index in [0.717, 1.165) is 51.2 Å². The molecule has 1 fully saturated rings. The molecule has 3 amide bonds. The van der Waals surface area contributed by atoms with Gasteiger partial charge in [0.2, 0.25) is 0 Å². The highest BCUT2D eigenvalue weighted by Gasteiger charge is 2.33. The highest BCUT2D eigenvalue weighted by molar-refractivity contribution is 9.10. The zero-order valence-corrected chi connectivity index (χ0v) is 50.6. The summed E-state index contributed by atoms with van der Waals surface area (Å²) >= 11 is 3.19. The summed E-state index contributed by atoms with van der Waals surface area (Å²) in [5.74, 6) is 0.428. The molecule has 2 aliphatic heterocycles. The van der Waals surface area contributed by atoms with E-state index in [1.54, 1.807) is 72.8 Å². The van der Waals surface area contributed by atoms with Gasteiger partial charge in [-0.05, 0) is 133 Å². The van der Waals surface area contributed by atoms with Crippen molar-refractivity contribution >= 4 is 91.4 Å². The molecule has 2 heterocycles. The molecule has 0 spiro atoms. The van der Waals surface area contributed by atoms with Crippen LogP contribution in [-0.2, 0) is 70.0 Å². The zero-order chi connectivity index (χ0) is 60.0. The number of nitrogens with one attached hydrogen (secondary N) is 2. The maximum atomic E-state index is 12.0. The lowest BCUT2D eigenvalue weighted by atomic mass is 9.77. The zero-order valence-electron chi connectivity index (χ0n) is 45.7. The van der Waals surface area contributed by atoms with Crippen LogP contribution in [0.25, 0.3) is 12.2 Å². The van der Waals surface area contributed by atoms with Crippen molar-refractivity contribution in [3.63, 3.8) is 0 Å². The van der Waals surface area contributed by atoms with Crippen LogP contribution in [0.3, 0.4) is 0 Å². The van der Waals surface area contributed by atoms with Crippen molar-refractivity contribution in [3.8, 4) is 5.75 Å². The van der Waals surface area contributed by atoms with Gasteiger partial charge in [0.1, 0.15) is 12.0 Å². The van der Waals surface area contributed by atoms with Gasteiger partial charge in [-0.1, -0.05) is 77.1 Å². The first kappa shape index (κ1) is 67.6. The predicted octanol–water partition coefficient (Wildman–Crippen LogP) is 6.96. The van der Waals surface area contributed by atoms with Crippen molar-refractivity contribution in [2.24, 2.45) is 5.92 Å². The summed E-state index contributed by atoms with van der Waals surface area (Å²) in [7, 11) is -6.91. The Hall–Kier alpha value is -6.64. The van der Waals surface area contributed by atoms with Crippen LogP contribution in [0.1, 0.15) is 51.9 Å². The normalized spacial score (nSPS) is 15.8. The van der Waals surface area contributed by atoms with Crippen LogP contribution in [0.5, 0.6) is 5.75 Å². The molecular weight excluding hydrogens is 1180 g/mol. The first-order valence-corrected chi connectivity index (χ1v) is 32.5. The van der Waals surface area contributed by atoms with Gasteiger partial charge in [-0.15, -0.1) is 0 Å². The molecule has 19 nitrogen and oxygen atoms in total. The minimum Gasteiger partial charge on any atom is -0.493 e. The Labute approximate surface area is 478 Å². The highest BCUT2D eigenvalue weighted by atomic mass is 79.9. The number of piperidine rings is 1. The fourth-order valence-electron chi connectivity index (χ4n) is 7.43. The van der Waals surface area contributed by atoms with E-state index in [1.165, 1.54) is 89.4 Å². The van der Waals surface area contributed by atoms with E-state index in [4.69, 9.17) is 9.57 Å². The molecule has 5 aromatic carbocycles. The van der Waals surface area contributed by atoms with Crippen molar-refractivity contribution in [1.82, 2.24) is 20.8 Å². The molecule has 1 saturated heterocycles. The van der Waals surface area contributed by atoms with Gasteiger partial charge >= 0.3 is 0 Å². The Morgan fingerprint density at radius 3 is 1.68 bits per heavy atom. The number of likely N-dealkylation sites (N-methyl/N-ethyl adjacent to an activating group) is 2. The van der Waals surface area contributed by atoms with Crippen molar-refractivity contribution in [2.45, 2.75) is 51.4 Å². The topological polar surface area (TPSA) is 263 Å². The van der Waals surface area contributed by atoms with Crippen LogP contribution in [0.4, 0.5) is 0 Å². The van der Waals surface area contributed by atoms with Gasteiger partial charge in [0.05, 0.1) is 40.4 Å². The summed E-state index contributed by atoms with van der Waals surface area (Å²) in [6, 6.07) is 32.5. The largest absolute Gasteiger partial charge is 0.493 e. The smallest absolute Gasteiger partial charge is 0.269 e. The van der Waals surface area contributed by atoms with E-state index in [2.05, 4.69) is 44.9 Å². The second kappa shape index (κ2) is 31.4.